The van der Waals surface area contributed by atoms with Crippen molar-refractivity contribution in [3.05, 3.63) is 148 Å². The number of halogens is 1. The minimum absolute atomic E-state index is 0. The number of nitrogens with zero attached hydrogens (tertiary/aromatic N) is 1. The van der Waals surface area contributed by atoms with Crippen LogP contribution < -0.4 is 32.6 Å². The van der Waals surface area contributed by atoms with Crippen molar-refractivity contribution in [1.82, 2.24) is 4.72 Å². The number of rotatable bonds is 21. The van der Waals surface area contributed by atoms with Gasteiger partial charge in [-0.15, -0.1) is 0 Å². The van der Waals surface area contributed by atoms with Gasteiger partial charge in [0.15, 0.2) is 0 Å². The number of esters is 4. The van der Waals surface area contributed by atoms with E-state index in [9.17, 15) is 36.6 Å². The maximum Gasteiger partial charge on any atom is 2.00 e. The van der Waals surface area contributed by atoms with Crippen molar-refractivity contribution in [3.8, 4) is 0 Å². The summed E-state index contributed by atoms with van der Waals surface area (Å²) in [5, 5.41) is 5.04. The van der Waals surface area contributed by atoms with E-state index in [0.717, 1.165) is 67.9 Å². The van der Waals surface area contributed by atoms with Gasteiger partial charge in [0, 0.05) is 23.9 Å². The molecule has 21 heteroatoms. The molecule has 0 saturated carbocycles. The van der Waals surface area contributed by atoms with Gasteiger partial charge in [-0.05, 0) is 140 Å². The molecule has 0 unspecified atom stereocenters. The molecule has 468 valence electrons. The molecule has 0 radical (unpaired) electrons. The van der Waals surface area contributed by atoms with E-state index in [1.165, 1.54) is 54.1 Å². The molecule has 0 fully saturated rings. The van der Waals surface area contributed by atoms with E-state index in [2.05, 4.69) is 51.0 Å². The molecule has 0 saturated heterocycles. The third-order valence-electron chi connectivity index (χ3n) is 11.3. The van der Waals surface area contributed by atoms with Crippen molar-refractivity contribution in [2.75, 3.05) is 28.4 Å². The summed E-state index contributed by atoms with van der Waals surface area (Å²) in [5.74, 6) is -1.43. The van der Waals surface area contributed by atoms with Crippen LogP contribution in [-0.4, -0.2) is 115 Å². The van der Waals surface area contributed by atoms with Crippen LogP contribution in [0.15, 0.2) is 101 Å². The number of hydrogen-bond acceptors (Lipinski definition) is 13. The first-order valence-corrected chi connectivity index (χ1v) is 31.0. The fraction of sp³-hybridized carbons (Fsp3) is 0.508. The first-order valence-electron chi connectivity index (χ1n) is 27.5. The van der Waals surface area contributed by atoms with Gasteiger partial charge < -0.3 is 48.6 Å². The van der Waals surface area contributed by atoms with E-state index in [-0.39, 0.29) is 84.3 Å². The Hall–Kier alpha value is -4.32. The van der Waals surface area contributed by atoms with Crippen molar-refractivity contribution in [2.24, 2.45) is 15.3 Å². The standard InChI is InChI=1S/C18H29NO3S.C14H21NO2.C13H17NO3S.C9H8O3.C5H11.C4H11NOS.BrH.Mg/c1-6-7-8-9-16(19-23(21)18(2,3)4)14-10-12-15(13-11-14)17(20)22-5;1-3-4-5-6-13(15)11-7-9-12(10-8-11)14(16)17-2;1-13(2,3)18(16)14-9-10-5-7-11(8-6-10)12(15)17-4;1-12-9(11)8-4-2-7(6-10)3-5-8;1-3-5-4-2;1-4(2,3)7(5)6;;/h10-13,16,19H,6-9H2,1-5H3;7-10,13H,3-6,15H2,1-2H3;5-9H,1-4H3;2-6H,1H3;1,3-5H2,2H3;5H2,1-3H3;1H;/q;;;;-1;;;+2/p-1/t16-,23+;13-;18-;;;7-;;/m110..0../s1. The maximum absolute atomic E-state index is 12.4. The van der Waals surface area contributed by atoms with Crippen LogP contribution in [0.1, 0.15) is 234 Å². The Morgan fingerprint density at radius 2 is 0.881 bits per heavy atom. The first-order chi connectivity index (χ1) is 38.4. The molecule has 4 rings (SSSR count). The quantitative estimate of drug-likeness (QED) is 0.0134. The summed E-state index contributed by atoms with van der Waals surface area (Å²) in [5.41, 5.74) is 11.6. The van der Waals surface area contributed by atoms with Crippen molar-refractivity contribution in [1.29, 1.82) is 0 Å². The normalized spacial score (nSPS) is 12.5. The number of hydrogen-bond donors (Lipinski definition) is 3. The van der Waals surface area contributed by atoms with E-state index in [1.54, 1.807) is 79.0 Å². The summed E-state index contributed by atoms with van der Waals surface area (Å²) in [6, 6.07) is 27.8. The Labute approximate surface area is 538 Å². The summed E-state index contributed by atoms with van der Waals surface area (Å²) in [7, 11) is 1.82. The fourth-order valence-corrected chi connectivity index (χ4v) is 7.49. The number of aldehydes is 1. The molecule has 0 aliphatic heterocycles. The molecular formula is C63H97BrMgN4O12S3. The molecule has 0 aliphatic carbocycles. The molecule has 5 atom stereocenters. The van der Waals surface area contributed by atoms with Gasteiger partial charge in [0.2, 0.25) is 0 Å². The zero-order valence-corrected chi connectivity index (χ0v) is 58.3. The summed E-state index contributed by atoms with van der Waals surface area (Å²) in [6.45, 7) is 27.2. The predicted molar refractivity (Wildman–Crippen MR) is 344 cm³/mol. The minimum atomic E-state index is -1.28. The van der Waals surface area contributed by atoms with Gasteiger partial charge in [0.05, 0.1) is 86.9 Å². The molecule has 0 spiro atoms. The van der Waals surface area contributed by atoms with Crippen LogP contribution in [0.2, 0.25) is 0 Å². The van der Waals surface area contributed by atoms with Crippen LogP contribution >= 0.6 is 0 Å². The molecule has 4 aromatic rings. The number of unbranched alkanes of at least 4 members (excludes halogenated alkanes) is 6. The molecule has 4 aromatic carbocycles. The molecule has 84 heavy (non-hydrogen) atoms. The van der Waals surface area contributed by atoms with Crippen molar-refractivity contribution in [3.63, 3.8) is 0 Å². The molecule has 0 aliphatic rings. The molecule has 0 aromatic heterocycles. The van der Waals surface area contributed by atoms with Crippen LogP contribution in [0.4, 0.5) is 0 Å². The maximum atomic E-state index is 12.4. The van der Waals surface area contributed by atoms with Gasteiger partial charge in [0.25, 0.3) is 0 Å². The number of nitrogens with two attached hydrogens (primary N) is 2. The van der Waals surface area contributed by atoms with Crippen molar-refractivity contribution >= 4 is 92.4 Å². The summed E-state index contributed by atoms with van der Waals surface area (Å²) < 4.78 is 59.2. The van der Waals surface area contributed by atoms with Crippen LogP contribution in [0.5, 0.6) is 0 Å². The number of benzene rings is 4. The Bertz CT molecular complexity index is 2550. The van der Waals surface area contributed by atoms with E-state index >= 15 is 0 Å². The summed E-state index contributed by atoms with van der Waals surface area (Å²) in [4.78, 5) is 55.1. The van der Waals surface area contributed by atoms with Gasteiger partial charge in [-0.25, -0.2) is 36.5 Å². The Kier molecular flexibility index (Phi) is 49.0. The predicted octanol–water partition coefficient (Wildman–Crippen LogP) is 9.88. The average Bonchev–Trinajstić information content (AvgIpc) is 3.54. The molecular weight excluding hydrogens is 1210 g/mol. The minimum Gasteiger partial charge on any atom is -1.00 e. The largest absolute Gasteiger partial charge is 2.00 e. The molecule has 0 amide bonds. The van der Waals surface area contributed by atoms with Gasteiger partial charge in [-0.3, -0.25) is 9.93 Å². The monoisotopic (exact) mass is 1300 g/mol. The number of carbonyl (C=O) groups is 5. The second-order valence-corrected chi connectivity index (χ2v) is 27.2. The molecule has 5 N–H and O–H groups in total. The zero-order valence-electron chi connectivity index (χ0n) is 52.8. The number of nitrogens with one attached hydrogen (secondary N) is 1. The SMILES string of the molecule is CC(C)(C)[S@@](N)=O.CCCCC[C@@H](N)c1ccc(C(=O)OC)cc1.CCCCC[C@@H](N[S@@](=O)C(C)(C)C)c1ccc(C(=O)OC)cc1.COC(=O)c1ccc(C=N[S@@](=O)C(C)(C)C)cc1.COC(=O)c1ccc(C=O)cc1.[Br-].[CH2-]CCCC.[Mg+2]. The fourth-order valence-electron chi connectivity index (χ4n) is 6.09. The van der Waals surface area contributed by atoms with Crippen LogP contribution in [0, 0.1) is 6.92 Å². The topological polar surface area (TPSA) is 250 Å². The number of methoxy groups -OCH3 is 4. The van der Waals surface area contributed by atoms with E-state index in [4.69, 9.17) is 15.6 Å². The van der Waals surface area contributed by atoms with Gasteiger partial charge >= 0.3 is 46.9 Å². The van der Waals surface area contributed by atoms with Gasteiger partial charge in [-0.2, -0.15) is 10.8 Å². The van der Waals surface area contributed by atoms with Crippen LogP contribution in [0.3, 0.4) is 0 Å². The molecule has 0 heterocycles. The van der Waals surface area contributed by atoms with Crippen molar-refractivity contribution < 1.29 is 72.5 Å². The molecule has 0 bridgehead atoms. The third-order valence-corrected chi connectivity index (χ3v) is 15.5. The smallest absolute Gasteiger partial charge is 1.00 e. The molecule has 16 nitrogen and oxygen atoms in total. The first kappa shape index (κ1) is 86.1. The Morgan fingerprint density at radius 3 is 1.17 bits per heavy atom. The second-order valence-electron chi connectivity index (χ2n) is 21.4. The van der Waals surface area contributed by atoms with Crippen LogP contribution in [-0.2, 0) is 51.9 Å². The van der Waals surface area contributed by atoms with E-state index in [1.807, 2.05) is 86.6 Å². The third kappa shape index (κ3) is 38.7. The Morgan fingerprint density at radius 1 is 0.548 bits per heavy atom. The summed E-state index contributed by atoms with van der Waals surface area (Å²) in [6.07, 6.45) is 14.8. The van der Waals surface area contributed by atoms with Gasteiger partial charge in [-0.1, -0.05) is 121 Å². The zero-order chi connectivity index (χ0) is 63.1. The van der Waals surface area contributed by atoms with E-state index in [0.29, 0.717) is 27.8 Å². The Balaban J connectivity index is -0.000000479. The van der Waals surface area contributed by atoms with Crippen molar-refractivity contribution in [2.45, 2.75) is 180 Å². The van der Waals surface area contributed by atoms with Gasteiger partial charge in [0.1, 0.15) is 17.3 Å². The van der Waals surface area contributed by atoms with Crippen LogP contribution in [0.25, 0.3) is 0 Å². The average molecular weight is 1300 g/mol. The number of carbonyl (C=O) groups excluding carboxylic acids is 5. The number of ether oxygens (including phenoxy) is 4. The summed E-state index contributed by atoms with van der Waals surface area (Å²) >= 11 is 0. The van der Waals surface area contributed by atoms with E-state index < -0.39 is 38.9 Å². The second kappa shape index (κ2) is 47.8.